The van der Waals surface area contributed by atoms with Gasteiger partial charge in [0.2, 0.25) is 5.91 Å². The van der Waals surface area contributed by atoms with Crippen molar-refractivity contribution in [3.8, 4) is 0 Å². The van der Waals surface area contributed by atoms with E-state index in [1.54, 1.807) is 0 Å². The zero-order valence-corrected chi connectivity index (χ0v) is 15.1. The van der Waals surface area contributed by atoms with E-state index < -0.39 is 0 Å². The lowest BCUT2D eigenvalue weighted by Gasteiger charge is -2.43. The van der Waals surface area contributed by atoms with E-state index in [0.29, 0.717) is 23.8 Å². The number of carbonyl (C=O) groups is 1. The Bertz CT molecular complexity index is 576. The van der Waals surface area contributed by atoms with Crippen LogP contribution in [-0.2, 0) is 4.79 Å². The molecule has 4 heteroatoms. The SMILES string of the molecule is NC1C2CCCC1CC(C(=O)NCC1CCN(c3ccccc3)C1)C2. The molecule has 2 bridgehead atoms. The fourth-order valence-corrected chi connectivity index (χ4v) is 5.27. The van der Waals surface area contributed by atoms with Crippen LogP contribution >= 0.6 is 0 Å². The van der Waals surface area contributed by atoms with Crippen molar-refractivity contribution in [1.82, 2.24) is 5.32 Å². The zero-order chi connectivity index (χ0) is 17.2. The van der Waals surface area contributed by atoms with Crippen LogP contribution in [0, 0.1) is 23.7 Å². The van der Waals surface area contributed by atoms with E-state index in [0.717, 1.165) is 38.9 Å². The van der Waals surface area contributed by atoms with E-state index in [1.807, 2.05) is 0 Å². The van der Waals surface area contributed by atoms with Gasteiger partial charge in [0.1, 0.15) is 0 Å². The zero-order valence-electron chi connectivity index (χ0n) is 15.1. The number of anilines is 1. The van der Waals surface area contributed by atoms with Crippen LogP contribution in [0.5, 0.6) is 0 Å². The molecule has 1 aromatic carbocycles. The summed E-state index contributed by atoms with van der Waals surface area (Å²) in [5, 5.41) is 3.26. The van der Waals surface area contributed by atoms with Crippen molar-refractivity contribution in [2.75, 3.05) is 24.5 Å². The molecule has 3 fully saturated rings. The summed E-state index contributed by atoms with van der Waals surface area (Å²) in [4.78, 5) is 15.1. The molecule has 25 heavy (non-hydrogen) atoms. The van der Waals surface area contributed by atoms with E-state index in [4.69, 9.17) is 5.73 Å². The number of nitrogens with zero attached hydrogens (tertiary/aromatic N) is 1. The summed E-state index contributed by atoms with van der Waals surface area (Å²) < 4.78 is 0. The summed E-state index contributed by atoms with van der Waals surface area (Å²) in [6.45, 7) is 2.96. The number of carbonyl (C=O) groups excluding carboxylic acids is 1. The van der Waals surface area contributed by atoms with Gasteiger partial charge in [-0.1, -0.05) is 24.6 Å². The fourth-order valence-electron chi connectivity index (χ4n) is 5.27. The molecule has 3 aliphatic rings. The molecule has 1 amide bonds. The first kappa shape index (κ1) is 16.9. The van der Waals surface area contributed by atoms with Gasteiger partial charge in [0.15, 0.2) is 0 Å². The Labute approximate surface area is 151 Å². The van der Waals surface area contributed by atoms with Gasteiger partial charge in [-0.05, 0) is 62.0 Å². The molecule has 2 saturated carbocycles. The van der Waals surface area contributed by atoms with Gasteiger partial charge in [-0.2, -0.15) is 0 Å². The third-order valence-electron chi connectivity index (χ3n) is 6.76. The quantitative estimate of drug-likeness (QED) is 0.885. The van der Waals surface area contributed by atoms with Gasteiger partial charge in [-0.15, -0.1) is 0 Å². The van der Waals surface area contributed by atoms with Gasteiger partial charge in [0.05, 0.1) is 0 Å². The van der Waals surface area contributed by atoms with Gasteiger partial charge in [0, 0.05) is 37.3 Å². The molecule has 3 unspecified atom stereocenters. The summed E-state index contributed by atoms with van der Waals surface area (Å²) in [5.74, 6) is 2.18. The Balaban J connectivity index is 1.26. The molecule has 1 aliphatic heterocycles. The third kappa shape index (κ3) is 3.69. The van der Waals surface area contributed by atoms with E-state index in [9.17, 15) is 4.79 Å². The number of benzene rings is 1. The van der Waals surface area contributed by atoms with Crippen LogP contribution < -0.4 is 16.0 Å². The number of amides is 1. The highest BCUT2D eigenvalue weighted by Gasteiger charge is 2.40. The Kier molecular flexibility index (Phi) is 4.98. The van der Waals surface area contributed by atoms with Gasteiger partial charge in [-0.25, -0.2) is 0 Å². The molecule has 1 heterocycles. The highest BCUT2D eigenvalue weighted by Crippen LogP contribution is 2.41. The second-order valence-electron chi connectivity index (χ2n) is 8.38. The van der Waals surface area contributed by atoms with Crippen molar-refractivity contribution >= 4 is 11.6 Å². The van der Waals surface area contributed by atoms with Crippen LogP contribution in [0.4, 0.5) is 5.69 Å². The molecule has 2 aliphatic carbocycles. The van der Waals surface area contributed by atoms with Gasteiger partial charge < -0.3 is 16.0 Å². The van der Waals surface area contributed by atoms with Gasteiger partial charge in [-0.3, -0.25) is 4.79 Å². The summed E-state index contributed by atoms with van der Waals surface area (Å²) >= 11 is 0. The molecule has 3 atom stereocenters. The Hall–Kier alpha value is -1.55. The van der Waals surface area contributed by atoms with Crippen LogP contribution in [-0.4, -0.2) is 31.6 Å². The van der Waals surface area contributed by atoms with E-state index in [-0.39, 0.29) is 11.8 Å². The molecule has 136 valence electrons. The minimum absolute atomic E-state index is 0.196. The average molecular weight is 341 g/mol. The first-order chi connectivity index (χ1) is 12.2. The maximum Gasteiger partial charge on any atom is 0.223 e. The smallest absolute Gasteiger partial charge is 0.223 e. The van der Waals surface area contributed by atoms with Crippen molar-refractivity contribution in [3.05, 3.63) is 30.3 Å². The third-order valence-corrected chi connectivity index (χ3v) is 6.76. The Morgan fingerprint density at radius 2 is 1.84 bits per heavy atom. The van der Waals surface area contributed by atoms with Gasteiger partial charge in [0.25, 0.3) is 0 Å². The van der Waals surface area contributed by atoms with Gasteiger partial charge >= 0.3 is 0 Å². The van der Waals surface area contributed by atoms with Crippen molar-refractivity contribution in [2.24, 2.45) is 29.4 Å². The topological polar surface area (TPSA) is 58.4 Å². The maximum atomic E-state index is 12.7. The lowest BCUT2D eigenvalue weighted by molar-refractivity contribution is -0.128. The standard InChI is InChI=1S/C21H31N3O/c22-20-16-5-4-6-17(20)12-18(11-16)21(25)23-13-15-9-10-24(14-15)19-7-2-1-3-8-19/h1-3,7-8,15-18,20H,4-6,9-14,22H2,(H,23,25). The van der Waals surface area contributed by atoms with Crippen molar-refractivity contribution < 1.29 is 4.79 Å². The molecule has 1 saturated heterocycles. The molecular weight excluding hydrogens is 310 g/mol. The number of fused-ring (bicyclic) bond motifs is 2. The van der Waals surface area contributed by atoms with Crippen LogP contribution in [0.2, 0.25) is 0 Å². The van der Waals surface area contributed by atoms with Crippen molar-refractivity contribution in [3.63, 3.8) is 0 Å². The monoisotopic (exact) mass is 341 g/mol. The largest absolute Gasteiger partial charge is 0.371 e. The van der Waals surface area contributed by atoms with Crippen LogP contribution in [0.3, 0.4) is 0 Å². The highest BCUT2D eigenvalue weighted by molar-refractivity contribution is 5.78. The van der Waals surface area contributed by atoms with Crippen LogP contribution in [0.1, 0.15) is 38.5 Å². The summed E-state index contributed by atoms with van der Waals surface area (Å²) in [6, 6.07) is 10.9. The number of hydrogen-bond acceptors (Lipinski definition) is 3. The molecule has 0 aromatic heterocycles. The molecule has 4 rings (SSSR count). The normalized spacial score (nSPS) is 34.8. The average Bonchev–Trinajstić information content (AvgIpc) is 3.09. The molecule has 0 spiro atoms. The molecule has 0 radical (unpaired) electrons. The highest BCUT2D eigenvalue weighted by atomic mass is 16.1. The first-order valence-corrected chi connectivity index (χ1v) is 10.0. The summed E-state index contributed by atoms with van der Waals surface area (Å²) in [5.41, 5.74) is 7.65. The summed E-state index contributed by atoms with van der Waals surface area (Å²) in [7, 11) is 0. The number of nitrogens with two attached hydrogens (primary N) is 1. The lowest BCUT2D eigenvalue weighted by Crippen LogP contribution is -2.49. The fraction of sp³-hybridized carbons (Fsp3) is 0.667. The molecular formula is C21H31N3O. The predicted molar refractivity (Wildman–Crippen MR) is 101 cm³/mol. The Morgan fingerprint density at radius 1 is 1.12 bits per heavy atom. The second kappa shape index (κ2) is 7.36. The minimum atomic E-state index is 0.196. The Morgan fingerprint density at radius 3 is 2.56 bits per heavy atom. The second-order valence-corrected chi connectivity index (χ2v) is 8.38. The predicted octanol–water partition coefficient (Wildman–Crippen LogP) is 2.78. The molecule has 3 N–H and O–H groups in total. The van der Waals surface area contributed by atoms with E-state index >= 15 is 0 Å². The number of para-hydroxylation sites is 1. The summed E-state index contributed by atoms with van der Waals surface area (Å²) in [6.07, 6.45) is 6.91. The first-order valence-electron chi connectivity index (χ1n) is 10.0. The number of hydrogen-bond donors (Lipinski definition) is 2. The van der Waals surface area contributed by atoms with E-state index in [1.165, 1.54) is 24.9 Å². The maximum absolute atomic E-state index is 12.7. The minimum Gasteiger partial charge on any atom is -0.371 e. The number of rotatable bonds is 4. The van der Waals surface area contributed by atoms with Crippen molar-refractivity contribution in [2.45, 2.75) is 44.6 Å². The van der Waals surface area contributed by atoms with Crippen molar-refractivity contribution in [1.29, 1.82) is 0 Å². The molecule has 4 nitrogen and oxygen atoms in total. The van der Waals surface area contributed by atoms with E-state index in [2.05, 4.69) is 40.5 Å². The van der Waals surface area contributed by atoms with Crippen LogP contribution in [0.15, 0.2) is 30.3 Å². The molecule has 1 aromatic rings. The number of nitrogens with one attached hydrogen (secondary N) is 1. The lowest BCUT2D eigenvalue weighted by atomic mass is 9.65. The van der Waals surface area contributed by atoms with Crippen LogP contribution in [0.25, 0.3) is 0 Å².